The molecular weight excluding hydrogens is 284 g/mol. The number of nitrogens with one attached hydrogen (secondary N) is 1. The Morgan fingerprint density at radius 2 is 1.90 bits per heavy atom. The van der Waals surface area contributed by atoms with Gasteiger partial charge in [0.2, 0.25) is 5.91 Å². The molecule has 0 saturated heterocycles. The summed E-state index contributed by atoms with van der Waals surface area (Å²) in [5.74, 6) is 2.86. The maximum atomic E-state index is 11.7. The lowest BCUT2D eigenvalue weighted by atomic mass is 10.1. The van der Waals surface area contributed by atoms with E-state index in [1.807, 2.05) is 0 Å². The summed E-state index contributed by atoms with van der Waals surface area (Å²) in [6.45, 7) is 6.01. The lowest BCUT2D eigenvalue weighted by molar-refractivity contribution is -0.115. The molecule has 1 heterocycles. The summed E-state index contributed by atoms with van der Waals surface area (Å²) in [5.41, 5.74) is 3.87. The van der Waals surface area contributed by atoms with Gasteiger partial charge in [0.15, 0.2) is 5.82 Å². The van der Waals surface area contributed by atoms with Gasteiger partial charge in [-0.05, 0) is 26.3 Å². The molecule has 1 amide bonds. The van der Waals surface area contributed by atoms with Gasteiger partial charge >= 0.3 is 0 Å². The SMILES string of the molecule is Cc1cc(C)cc(CSCCC(=O)Nc2cc(C)on2)c1. The van der Waals surface area contributed by atoms with E-state index in [-0.39, 0.29) is 5.91 Å². The predicted molar refractivity (Wildman–Crippen MR) is 86.6 cm³/mol. The minimum absolute atomic E-state index is 0.0313. The Morgan fingerprint density at radius 3 is 2.52 bits per heavy atom. The van der Waals surface area contributed by atoms with Gasteiger partial charge in [-0.2, -0.15) is 11.8 Å². The van der Waals surface area contributed by atoms with Gasteiger partial charge in [-0.1, -0.05) is 34.5 Å². The molecule has 5 heteroatoms. The molecule has 2 rings (SSSR count). The third-order valence-corrected chi connectivity index (χ3v) is 3.95. The molecule has 0 aliphatic rings. The van der Waals surface area contributed by atoms with Crippen molar-refractivity contribution in [2.45, 2.75) is 32.9 Å². The maximum absolute atomic E-state index is 11.7. The predicted octanol–water partition coefficient (Wildman–Crippen LogP) is 3.86. The van der Waals surface area contributed by atoms with Crippen molar-refractivity contribution in [1.82, 2.24) is 5.16 Å². The lowest BCUT2D eigenvalue weighted by Crippen LogP contribution is -2.12. The van der Waals surface area contributed by atoms with Crippen LogP contribution in [0.15, 0.2) is 28.8 Å². The number of nitrogens with zero attached hydrogens (tertiary/aromatic N) is 1. The highest BCUT2D eigenvalue weighted by Gasteiger charge is 2.06. The summed E-state index contributed by atoms with van der Waals surface area (Å²) in [6.07, 6.45) is 0.474. The smallest absolute Gasteiger partial charge is 0.226 e. The van der Waals surface area contributed by atoms with E-state index in [0.717, 1.165) is 11.5 Å². The lowest BCUT2D eigenvalue weighted by Gasteiger charge is -2.05. The number of aromatic nitrogens is 1. The Morgan fingerprint density at radius 1 is 1.19 bits per heavy atom. The molecule has 0 fully saturated rings. The van der Waals surface area contributed by atoms with Crippen LogP contribution in [0.25, 0.3) is 0 Å². The van der Waals surface area contributed by atoms with E-state index in [4.69, 9.17) is 4.52 Å². The number of hydrogen-bond donors (Lipinski definition) is 1. The first-order valence-corrected chi connectivity index (χ1v) is 8.06. The molecule has 0 aliphatic heterocycles. The molecule has 1 N–H and O–H groups in total. The largest absolute Gasteiger partial charge is 0.360 e. The van der Waals surface area contributed by atoms with Crippen LogP contribution in [0.4, 0.5) is 5.82 Å². The van der Waals surface area contributed by atoms with Crippen LogP contribution in [-0.4, -0.2) is 16.8 Å². The van der Waals surface area contributed by atoms with Crippen molar-refractivity contribution >= 4 is 23.5 Å². The van der Waals surface area contributed by atoms with Crippen LogP contribution in [0, 0.1) is 20.8 Å². The highest BCUT2D eigenvalue weighted by Crippen LogP contribution is 2.17. The molecule has 2 aromatic rings. The molecule has 0 atom stereocenters. The van der Waals surface area contributed by atoms with Crippen molar-refractivity contribution in [1.29, 1.82) is 0 Å². The number of anilines is 1. The number of thioether (sulfide) groups is 1. The average Bonchev–Trinajstić information content (AvgIpc) is 2.79. The van der Waals surface area contributed by atoms with Crippen LogP contribution in [0.5, 0.6) is 0 Å². The van der Waals surface area contributed by atoms with Crippen LogP contribution < -0.4 is 5.32 Å². The average molecular weight is 304 g/mol. The highest BCUT2D eigenvalue weighted by atomic mass is 32.2. The number of aryl methyl sites for hydroxylation is 3. The third-order valence-electron chi connectivity index (χ3n) is 2.92. The molecule has 1 aromatic heterocycles. The summed E-state index contributed by atoms with van der Waals surface area (Å²) in [4.78, 5) is 11.7. The van der Waals surface area contributed by atoms with Gasteiger partial charge in [0.25, 0.3) is 0 Å². The van der Waals surface area contributed by atoms with E-state index >= 15 is 0 Å². The topological polar surface area (TPSA) is 55.1 Å². The summed E-state index contributed by atoms with van der Waals surface area (Å²) in [6, 6.07) is 8.26. The normalized spacial score (nSPS) is 10.6. The van der Waals surface area contributed by atoms with Crippen molar-refractivity contribution in [2.75, 3.05) is 11.1 Å². The molecule has 112 valence electrons. The van der Waals surface area contributed by atoms with Gasteiger partial charge in [-0.25, -0.2) is 0 Å². The quantitative estimate of drug-likeness (QED) is 0.823. The van der Waals surface area contributed by atoms with Gasteiger partial charge < -0.3 is 9.84 Å². The fourth-order valence-corrected chi connectivity index (χ4v) is 3.01. The first kappa shape index (κ1) is 15.6. The zero-order valence-electron chi connectivity index (χ0n) is 12.6. The third kappa shape index (κ3) is 5.27. The summed E-state index contributed by atoms with van der Waals surface area (Å²) in [7, 11) is 0. The van der Waals surface area contributed by atoms with Crippen molar-refractivity contribution in [2.24, 2.45) is 0 Å². The second-order valence-corrected chi connectivity index (χ2v) is 6.27. The molecule has 0 aliphatic carbocycles. The van der Waals surface area contributed by atoms with E-state index in [9.17, 15) is 4.79 Å². The van der Waals surface area contributed by atoms with Gasteiger partial charge in [-0.3, -0.25) is 4.79 Å². The van der Waals surface area contributed by atoms with Gasteiger partial charge in [0.1, 0.15) is 5.76 Å². The number of benzene rings is 1. The van der Waals surface area contributed by atoms with E-state index in [1.54, 1.807) is 24.8 Å². The fraction of sp³-hybridized carbons (Fsp3) is 0.375. The molecular formula is C16H20N2O2S. The molecule has 0 saturated carbocycles. The Hall–Kier alpha value is -1.75. The number of amides is 1. The second kappa shape index (κ2) is 7.31. The second-order valence-electron chi connectivity index (χ2n) is 5.17. The summed E-state index contributed by atoms with van der Waals surface area (Å²) < 4.78 is 4.90. The van der Waals surface area contributed by atoms with E-state index < -0.39 is 0 Å². The number of rotatable bonds is 6. The van der Waals surface area contributed by atoms with Crippen LogP contribution in [0.2, 0.25) is 0 Å². The molecule has 0 radical (unpaired) electrons. The molecule has 0 bridgehead atoms. The molecule has 4 nitrogen and oxygen atoms in total. The minimum Gasteiger partial charge on any atom is -0.360 e. The maximum Gasteiger partial charge on any atom is 0.226 e. The van der Waals surface area contributed by atoms with Crippen molar-refractivity contribution < 1.29 is 9.32 Å². The Kier molecular flexibility index (Phi) is 5.44. The Balaban J connectivity index is 1.70. The first-order chi connectivity index (χ1) is 10.0. The fourth-order valence-electron chi connectivity index (χ4n) is 2.14. The Labute approximate surface area is 129 Å². The number of hydrogen-bond acceptors (Lipinski definition) is 4. The zero-order valence-corrected chi connectivity index (χ0v) is 13.4. The van der Waals surface area contributed by atoms with Crippen LogP contribution >= 0.6 is 11.8 Å². The summed E-state index contributed by atoms with van der Waals surface area (Å²) in [5, 5.41) is 6.46. The minimum atomic E-state index is -0.0313. The van der Waals surface area contributed by atoms with E-state index in [1.165, 1.54) is 16.7 Å². The number of carbonyl (C=O) groups excluding carboxylic acids is 1. The summed E-state index contributed by atoms with van der Waals surface area (Å²) >= 11 is 1.76. The van der Waals surface area contributed by atoms with E-state index in [2.05, 4.69) is 42.5 Å². The van der Waals surface area contributed by atoms with E-state index in [0.29, 0.717) is 18.0 Å². The van der Waals surface area contributed by atoms with Crippen molar-refractivity contribution in [3.8, 4) is 0 Å². The molecule has 21 heavy (non-hydrogen) atoms. The van der Waals surface area contributed by atoms with Gasteiger partial charge in [-0.15, -0.1) is 0 Å². The van der Waals surface area contributed by atoms with Gasteiger partial charge in [0, 0.05) is 24.0 Å². The first-order valence-electron chi connectivity index (χ1n) is 6.91. The van der Waals surface area contributed by atoms with Crippen molar-refractivity contribution in [3.63, 3.8) is 0 Å². The standard InChI is InChI=1S/C16H20N2O2S/c1-11-6-12(2)8-14(7-11)10-21-5-4-16(19)17-15-9-13(3)20-18-15/h6-9H,4-5,10H2,1-3H3,(H,17,18,19). The highest BCUT2D eigenvalue weighted by molar-refractivity contribution is 7.98. The zero-order chi connectivity index (χ0) is 15.2. The molecule has 0 spiro atoms. The monoisotopic (exact) mass is 304 g/mol. The molecule has 0 unspecified atom stereocenters. The van der Waals surface area contributed by atoms with Crippen LogP contribution in [0.1, 0.15) is 28.9 Å². The van der Waals surface area contributed by atoms with Crippen LogP contribution in [-0.2, 0) is 10.5 Å². The Bertz CT molecular complexity index is 602. The van der Waals surface area contributed by atoms with Gasteiger partial charge in [0.05, 0.1) is 0 Å². The molecule has 1 aromatic carbocycles. The van der Waals surface area contributed by atoms with Crippen molar-refractivity contribution in [3.05, 3.63) is 46.7 Å². The van der Waals surface area contributed by atoms with Crippen LogP contribution in [0.3, 0.4) is 0 Å². The number of carbonyl (C=O) groups is 1.